The van der Waals surface area contributed by atoms with Gasteiger partial charge in [-0.15, -0.1) is 11.8 Å². The molecule has 4 rings (SSSR count). The third kappa shape index (κ3) is 6.25. The summed E-state index contributed by atoms with van der Waals surface area (Å²) in [6.07, 6.45) is 9.87. The highest BCUT2D eigenvalue weighted by atomic mass is 32.2. The molecular formula is C30H34N2OS. The molecule has 0 radical (unpaired) electrons. The van der Waals surface area contributed by atoms with Crippen LogP contribution < -0.4 is 0 Å². The Hall–Kier alpha value is -2.69. The Balaban J connectivity index is 1.59. The molecule has 1 aliphatic heterocycles. The first-order valence-electron chi connectivity index (χ1n) is 12.2. The maximum absolute atomic E-state index is 11.0. The Morgan fingerprint density at radius 2 is 1.50 bits per heavy atom. The molecule has 1 fully saturated rings. The van der Waals surface area contributed by atoms with Crippen molar-refractivity contribution >= 4 is 23.2 Å². The minimum absolute atomic E-state index is 0.0448. The van der Waals surface area contributed by atoms with Gasteiger partial charge in [-0.1, -0.05) is 105 Å². The molecule has 0 saturated heterocycles. The van der Waals surface area contributed by atoms with Crippen LogP contribution in [0, 0.1) is 5.92 Å². The van der Waals surface area contributed by atoms with E-state index in [0.717, 1.165) is 27.6 Å². The third-order valence-corrected chi connectivity index (χ3v) is 7.66. The lowest BCUT2D eigenvalue weighted by molar-refractivity contribution is 0.222. The molecule has 1 saturated carbocycles. The summed E-state index contributed by atoms with van der Waals surface area (Å²) in [5.41, 5.74) is 5.62. The number of aliphatic imine (C=N–C) groups is 2. The second-order valence-corrected chi connectivity index (χ2v) is 10.6. The molecule has 2 unspecified atom stereocenters. The van der Waals surface area contributed by atoms with Gasteiger partial charge in [-0.05, 0) is 31.8 Å². The van der Waals surface area contributed by atoms with E-state index >= 15 is 0 Å². The molecule has 0 bridgehead atoms. The first kappa shape index (κ1) is 24.4. The fourth-order valence-corrected chi connectivity index (χ4v) is 5.53. The number of allylic oxidation sites excluding steroid dienone is 2. The van der Waals surface area contributed by atoms with Crippen molar-refractivity contribution in [2.24, 2.45) is 15.9 Å². The van der Waals surface area contributed by atoms with Gasteiger partial charge in [0.1, 0.15) is 0 Å². The number of hydrogen-bond donors (Lipinski definition) is 1. The number of aliphatic hydroxyl groups is 1. The molecule has 34 heavy (non-hydrogen) atoms. The van der Waals surface area contributed by atoms with Gasteiger partial charge in [0.25, 0.3) is 0 Å². The monoisotopic (exact) mass is 470 g/mol. The van der Waals surface area contributed by atoms with Gasteiger partial charge in [-0.2, -0.15) is 0 Å². The van der Waals surface area contributed by atoms with E-state index in [4.69, 9.17) is 9.98 Å². The molecule has 1 heterocycles. The van der Waals surface area contributed by atoms with Crippen LogP contribution in [0.15, 0.2) is 106 Å². The molecule has 2 aliphatic rings. The minimum atomic E-state index is -0.533. The van der Waals surface area contributed by atoms with E-state index in [1.165, 1.54) is 37.7 Å². The Morgan fingerprint density at radius 1 is 0.941 bits per heavy atom. The van der Waals surface area contributed by atoms with Crippen LogP contribution in [0.3, 0.4) is 0 Å². The van der Waals surface area contributed by atoms with Gasteiger partial charge in [-0.25, -0.2) is 9.98 Å². The van der Waals surface area contributed by atoms with Crippen LogP contribution >= 0.6 is 11.8 Å². The van der Waals surface area contributed by atoms with Gasteiger partial charge < -0.3 is 5.11 Å². The maximum Gasteiger partial charge on any atom is 0.0993 e. The standard InChI is InChI=1S/C30H34N2OS/c1-21(24-13-7-4-8-14-24)19-27(33)23(3)34-28-20-22(2)31-29(25-15-9-5-10-16-25)30(32-28)26-17-11-6-12-18-26/h5-6,9-12,15-20,23-24,27,33H,2,4,7-8,13-14H2,1,3H3/b21-19+. The SMILES string of the molecule is C=C1C=C(SC(C)C(O)/C=C(\C)C2CCCCC2)N=C(c2ccccc2)C(c2ccccc2)=N1. The number of benzene rings is 2. The quantitative estimate of drug-likeness (QED) is 0.430. The number of rotatable bonds is 7. The fraction of sp³-hybridized carbons (Fsp3) is 0.333. The van der Waals surface area contributed by atoms with E-state index in [-0.39, 0.29) is 5.25 Å². The molecule has 1 aliphatic carbocycles. The highest BCUT2D eigenvalue weighted by Gasteiger charge is 2.22. The molecule has 0 aromatic heterocycles. The van der Waals surface area contributed by atoms with Crippen molar-refractivity contribution in [2.45, 2.75) is 57.3 Å². The highest BCUT2D eigenvalue weighted by molar-refractivity contribution is 8.03. The molecule has 1 N–H and O–H groups in total. The highest BCUT2D eigenvalue weighted by Crippen LogP contribution is 2.33. The second-order valence-electron chi connectivity index (χ2n) is 9.19. The van der Waals surface area contributed by atoms with Crippen LogP contribution in [0.4, 0.5) is 0 Å². The first-order valence-corrected chi connectivity index (χ1v) is 13.1. The van der Waals surface area contributed by atoms with E-state index < -0.39 is 6.10 Å². The van der Waals surface area contributed by atoms with Crippen LogP contribution in [0.25, 0.3) is 0 Å². The van der Waals surface area contributed by atoms with Crippen LogP contribution in [0.1, 0.15) is 57.1 Å². The number of thioether (sulfide) groups is 1. The summed E-state index contributed by atoms with van der Waals surface area (Å²) in [4.78, 5) is 9.91. The van der Waals surface area contributed by atoms with Gasteiger partial charge in [0.2, 0.25) is 0 Å². The Kier molecular flexibility index (Phi) is 8.36. The zero-order valence-corrected chi connectivity index (χ0v) is 21.0. The summed E-state index contributed by atoms with van der Waals surface area (Å²) in [5, 5.41) is 11.7. The first-order chi connectivity index (χ1) is 16.5. The summed E-state index contributed by atoms with van der Waals surface area (Å²) < 4.78 is 0. The Labute approximate surface area is 208 Å². The average Bonchev–Trinajstić information content (AvgIpc) is 3.03. The van der Waals surface area contributed by atoms with Gasteiger partial charge >= 0.3 is 0 Å². The van der Waals surface area contributed by atoms with Crippen LogP contribution in [0.5, 0.6) is 0 Å². The van der Waals surface area contributed by atoms with Crippen molar-refractivity contribution in [3.8, 4) is 0 Å². The number of nitrogens with zero attached hydrogens (tertiary/aromatic N) is 2. The summed E-state index contributed by atoms with van der Waals surface area (Å²) in [5.74, 6) is 0.613. The molecule has 2 aromatic carbocycles. The van der Waals surface area contributed by atoms with E-state index in [9.17, 15) is 5.11 Å². The molecule has 4 heteroatoms. The molecule has 0 amide bonds. The largest absolute Gasteiger partial charge is 0.388 e. The normalized spacial score (nSPS) is 19.6. The fourth-order valence-electron chi connectivity index (χ4n) is 4.58. The van der Waals surface area contributed by atoms with Crippen molar-refractivity contribution < 1.29 is 5.11 Å². The number of aliphatic hydroxyl groups excluding tert-OH is 1. The Bertz CT molecular complexity index is 1110. The zero-order chi connectivity index (χ0) is 23.9. The van der Waals surface area contributed by atoms with E-state index in [1.54, 1.807) is 11.8 Å². The lowest BCUT2D eigenvalue weighted by Crippen LogP contribution is -2.20. The van der Waals surface area contributed by atoms with E-state index in [2.05, 4.69) is 38.6 Å². The number of hydrogen-bond acceptors (Lipinski definition) is 4. The minimum Gasteiger partial charge on any atom is -0.388 e. The summed E-state index contributed by atoms with van der Waals surface area (Å²) in [6, 6.07) is 20.3. The molecule has 3 nitrogen and oxygen atoms in total. The van der Waals surface area contributed by atoms with Crippen LogP contribution in [-0.2, 0) is 0 Å². The predicted octanol–water partition coefficient (Wildman–Crippen LogP) is 7.34. The summed E-state index contributed by atoms with van der Waals surface area (Å²) >= 11 is 1.57. The van der Waals surface area contributed by atoms with Crippen molar-refractivity contribution in [1.82, 2.24) is 0 Å². The average molecular weight is 471 g/mol. The van der Waals surface area contributed by atoms with Gasteiger partial charge in [0.15, 0.2) is 0 Å². The van der Waals surface area contributed by atoms with Gasteiger partial charge in [0, 0.05) is 16.4 Å². The lowest BCUT2D eigenvalue weighted by Gasteiger charge is -2.24. The van der Waals surface area contributed by atoms with Crippen molar-refractivity contribution in [2.75, 3.05) is 0 Å². The summed E-state index contributed by atoms with van der Waals surface area (Å²) in [7, 11) is 0. The van der Waals surface area contributed by atoms with Crippen LogP contribution in [-0.4, -0.2) is 27.9 Å². The third-order valence-electron chi connectivity index (χ3n) is 6.56. The molecule has 0 spiro atoms. The molecule has 2 aromatic rings. The van der Waals surface area contributed by atoms with Crippen LogP contribution in [0.2, 0.25) is 0 Å². The van der Waals surface area contributed by atoms with Gasteiger partial charge in [-0.3, -0.25) is 0 Å². The second kappa shape index (κ2) is 11.6. The van der Waals surface area contributed by atoms with E-state index in [1.807, 2.05) is 54.6 Å². The molecule has 176 valence electrons. The van der Waals surface area contributed by atoms with Crippen molar-refractivity contribution in [3.05, 3.63) is 107 Å². The smallest absolute Gasteiger partial charge is 0.0993 e. The van der Waals surface area contributed by atoms with Crippen molar-refractivity contribution in [1.29, 1.82) is 0 Å². The molecular weight excluding hydrogens is 436 g/mol. The van der Waals surface area contributed by atoms with Gasteiger partial charge in [0.05, 0.1) is 28.3 Å². The van der Waals surface area contributed by atoms with Crippen molar-refractivity contribution in [3.63, 3.8) is 0 Å². The predicted molar refractivity (Wildman–Crippen MR) is 147 cm³/mol. The van der Waals surface area contributed by atoms with E-state index in [0.29, 0.717) is 11.6 Å². The maximum atomic E-state index is 11.0. The zero-order valence-electron chi connectivity index (χ0n) is 20.2. The lowest BCUT2D eigenvalue weighted by atomic mass is 9.84. The summed E-state index contributed by atoms with van der Waals surface area (Å²) in [6.45, 7) is 8.40. The topological polar surface area (TPSA) is 45.0 Å². The Morgan fingerprint density at radius 3 is 2.09 bits per heavy atom. The molecule has 2 atom stereocenters.